The van der Waals surface area contributed by atoms with E-state index in [1.54, 1.807) is 0 Å². The number of hydrogen-bond acceptors (Lipinski definition) is 4. The van der Waals surface area contributed by atoms with Gasteiger partial charge < -0.3 is 21.0 Å². The Labute approximate surface area is 94.8 Å². The number of carbonyl (C=O) groups excluding carboxylic acids is 1. The molecule has 0 aromatic carbocycles. The average molecular weight is 229 g/mol. The van der Waals surface area contributed by atoms with Gasteiger partial charge in [-0.3, -0.25) is 0 Å². The molecule has 0 aromatic rings. The van der Waals surface area contributed by atoms with Gasteiger partial charge >= 0.3 is 6.09 Å². The highest BCUT2D eigenvalue weighted by molar-refractivity contribution is 5.88. The number of oxime groups is 1. The van der Waals surface area contributed by atoms with E-state index in [0.717, 1.165) is 25.7 Å². The van der Waals surface area contributed by atoms with Crippen LogP contribution in [0.3, 0.4) is 0 Å². The summed E-state index contributed by atoms with van der Waals surface area (Å²) in [6.07, 6.45) is 4.83. The molecule has 1 unspecified atom stereocenters. The summed E-state index contributed by atoms with van der Waals surface area (Å²) in [6.45, 7) is 0. The monoisotopic (exact) mass is 229 g/mol. The number of hydrogen-bond donors (Lipinski definition) is 3. The summed E-state index contributed by atoms with van der Waals surface area (Å²) in [5.74, 6) is 0.265. The highest BCUT2D eigenvalue weighted by Crippen LogP contribution is 2.26. The minimum absolute atomic E-state index is 0.0392. The minimum atomic E-state index is -0.554. The van der Waals surface area contributed by atoms with E-state index in [4.69, 9.17) is 10.9 Å². The van der Waals surface area contributed by atoms with Gasteiger partial charge in [0.1, 0.15) is 0 Å². The molecule has 1 aliphatic carbocycles. The zero-order valence-corrected chi connectivity index (χ0v) is 9.48. The zero-order chi connectivity index (χ0) is 12.0. The van der Waals surface area contributed by atoms with Crippen LogP contribution in [0.25, 0.3) is 0 Å². The van der Waals surface area contributed by atoms with E-state index in [-0.39, 0.29) is 11.8 Å². The van der Waals surface area contributed by atoms with Crippen LogP contribution in [0.15, 0.2) is 5.16 Å². The van der Waals surface area contributed by atoms with Crippen molar-refractivity contribution in [1.82, 2.24) is 5.32 Å². The summed E-state index contributed by atoms with van der Waals surface area (Å²) in [6, 6.07) is -0.433. The number of amides is 1. The van der Waals surface area contributed by atoms with Gasteiger partial charge in [-0.25, -0.2) is 4.79 Å². The maximum absolute atomic E-state index is 11.2. The SMILES string of the molecule is COC(=O)NC(/C(N)=N/O)C1CCCCC1. The molecule has 92 valence electrons. The van der Waals surface area contributed by atoms with Crippen LogP contribution in [0.4, 0.5) is 4.79 Å². The van der Waals surface area contributed by atoms with Gasteiger partial charge in [-0.1, -0.05) is 24.4 Å². The third-order valence-electron chi connectivity index (χ3n) is 3.01. The number of amidine groups is 1. The minimum Gasteiger partial charge on any atom is -0.453 e. The van der Waals surface area contributed by atoms with Gasteiger partial charge in [0.2, 0.25) is 0 Å². The number of nitrogens with one attached hydrogen (secondary N) is 1. The maximum Gasteiger partial charge on any atom is 0.407 e. The Hall–Kier alpha value is -1.46. The molecule has 1 rings (SSSR count). The molecule has 0 heterocycles. The smallest absolute Gasteiger partial charge is 0.407 e. The maximum atomic E-state index is 11.2. The second kappa shape index (κ2) is 6.19. The summed E-state index contributed by atoms with van der Waals surface area (Å²) in [5.41, 5.74) is 5.58. The molecule has 1 saturated carbocycles. The van der Waals surface area contributed by atoms with Crippen LogP contribution in [-0.4, -0.2) is 30.3 Å². The Morgan fingerprint density at radius 2 is 2.12 bits per heavy atom. The average Bonchev–Trinajstić information content (AvgIpc) is 2.35. The third-order valence-corrected chi connectivity index (χ3v) is 3.01. The van der Waals surface area contributed by atoms with E-state index in [2.05, 4.69) is 15.2 Å². The molecule has 4 N–H and O–H groups in total. The van der Waals surface area contributed by atoms with Gasteiger partial charge in [0.15, 0.2) is 5.84 Å². The van der Waals surface area contributed by atoms with Crippen LogP contribution in [-0.2, 0) is 4.74 Å². The van der Waals surface area contributed by atoms with Crippen molar-refractivity contribution < 1.29 is 14.7 Å². The van der Waals surface area contributed by atoms with Crippen molar-refractivity contribution >= 4 is 11.9 Å². The summed E-state index contributed by atoms with van der Waals surface area (Å²) in [7, 11) is 1.29. The molecular weight excluding hydrogens is 210 g/mol. The Morgan fingerprint density at radius 3 is 2.62 bits per heavy atom. The van der Waals surface area contributed by atoms with Gasteiger partial charge in [-0.15, -0.1) is 0 Å². The zero-order valence-electron chi connectivity index (χ0n) is 9.48. The normalized spacial score (nSPS) is 20.2. The van der Waals surface area contributed by atoms with E-state index >= 15 is 0 Å². The van der Waals surface area contributed by atoms with Crippen LogP contribution < -0.4 is 11.1 Å². The predicted molar refractivity (Wildman–Crippen MR) is 59.3 cm³/mol. The molecule has 6 nitrogen and oxygen atoms in total. The van der Waals surface area contributed by atoms with E-state index in [0.29, 0.717) is 0 Å². The van der Waals surface area contributed by atoms with Crippen LogP contribution >= 0.6 is 0 Å². The van der Waals surface area contributed by atoms with Gasteiger partial charge in [0.05, 0.1) is 13.2 Å². The Kier molecular flexibility index (Phi) is 4.88. The third kappa shape index (κ3) is 3.29. The molecule has 0 aromatic heterocycles. The van der Waals surface area contributed by atoms with Crippen molar-refractivity contribution in [2.75, 3.05) is 7.11 Å². The lowest BCUT2D eigenvalue weighted by Crippen LogP contribution is -2.49. The first kappa shape index (κ1) is 12.6. The number of alkyl carbamates (subject to hydrolysis) is 1. The van der Waals surface area contributed by atoms with Crippen molar-refractivity contribution in [3.63, 3.8) is 0 Å². The van der Waals surface area contributed by atoms with Crippen LogP contribution in [0.2, 0.25) is 0 Å². The highest BCUT2D eigenvalue weighted by atomic mass is 16.5. The van der Waals surface area contributed by atoms with Gasteiger partial charge in [-0.2, -0.15) is 0 Å². The Bertz CT molecular complexity index is 262. The quantitative estimate of drug-likeness (QED) is 0.291. The second-order valence-corrected chi connectivity index (χ2v) is 4.04. The molecule has 0 aliphatic heterocycles. The van der Waals surface area contributed by atoms with Crippen molar-refractivity contribution in [3.05, 3.63) is 0 Å². The van der Waals surface area contributed by atoms with E-state index in [1.807, 2.05) is 0 Å². The first-order valence-electron chi connectivity index (χ1n) is 5.51. The molecule has 1 aliphatic rings. The number of nitrogens with two attached hydrogens (primary N) is 1. The summed E-state index contributed by atoms with van der Waals surface area (Å²) in [5, 5.41) is 14.3. The molecule has 1 amide bonds. The molecule has 0 bridgehead atoms. The largest absolute Gasteiger partial charge is 0.453 e. The molecule has 0 saturated heterocycles. The molecule has 0 spiro atoms. The fourth-order valence-electron chi connectivity index (χ4n) is 2.15. The van der Waals surface area contributed by atoms with Crippen LogP contribution in [0.5, 0.6) is 0 Å². The topological polar surface area (TPSA) is 96.9 Å². The standard InChI is InChI=1S/C10H19N3O3/c1-16-10(14)12-8(9(11)13-15)7-5-3-2-4-6-7/h7-8,15H,2-6H2,1H3,(H2,11,13)(H,12,14). The Balaban J connectivity index is 2.65. The van der Waals surface area contributed by atoms with Gasteiger partial charge in [0.25, 0.3) is 0 Å². The summed E-state index contributed by atoms with van der Waals surface area (Å²) < 4.78 is 4.52. The molecule has 0 radical (unpaired) electrons. The van der Waals surface area contributed by atoms with Crippen molar-refractivity contribution in [3.8, 4) is 0 Å². The number of methoxy groups -OCH3 is 1. The van der Waals surface area contributed by atoms with E-state index in [1.165, 1.54) is 13.5 Å². The number of carbonyl (C=O) groups is 1. The second-order valence-electron chi connectivity index (χ2n) is 4.04. The number of ether oxygens (including phenoxy) is 1. The van der Waals surface area contributed by atoms with Crippen LogP contribution in [0.1, 0.15) is 32.1 Å². The summed E-state index contributed by atoms with van der Waals surface area (Å²) >= 11 is 0. The van der Waals surface area contributed by atoms with Crippen molar-refractivity contribution in [2.45, 2.75) is 38.1 Å². The molecular formula is C10H19N3O3. The van der Waals surface area contributed by atoms with Gasteiger partial charge in [0, 0.05) is 0 Å². The lowest BCUT2D eigenvalue weighted by molar-refractivity contribution is 0.163. The molecule has 6 heteroatoms. The fraction of sp³-hybridized carbons (Fsp3) is 0.800. The molecule has 1 fully saturated rings. The Morgan fingerprint density at radius 1 is 1.50 bits per heavy atom. The van der Waals surface area contributed by atoms with E-state index < -0.39 is 12.1 Å². The summed E-state index contributed by atoms with van der Waals surface area (Å²) in [4.78, 5) is 11.2. The van der Waals surface area contributed by atoms with Gasteiger partial charge in [-0.05, 0) is 18.8 Å². The number of rotatable bonds is 3. The molecule has 16 heavy (non-hydrogen) atoms. The lowest BCUT2D eigenvalue weighted by atomic mass is 9.83. The first-order valence-corrected chi connectivity index (χ1v) is 5.51. The highest BCUT2D eigenvalue weighted by Gasteiger charge is 2.28. The fourth-order valence-corrected chi connectivity index (χ4v) is 2.15. The first-order chi connectivity index (χ1) is 7.69. The van der Waals surface area contributed by atoms with Crippen molar-refractivity contribution in [1.29, 1.82) is 0 Å². The van der Waals surface area contributed by atoms with Crippen LogP contribution in [0, 0.1) is 5.92 Å². The molecule has 1 atom stereocenters. The van der Waals surface area contributed by atoms with Crippen molar-refractivity contribution in [2.24, 2.45) is 16.8 Å². The van der Waals surface area contributed by atoms with E-state index in [9.17, 15) is 4.79 Å². The predicted octanol–water partition coefficient (Wildman–Crippen LogP) is 1.04. The lowest BCUT2D eigenvalue weighted by Gasteiger charge is -2.29. The number of nitrogens with zero attached hydrogens (tertiary/aromatic N) is 1.